The van der Waals surface area contributed by atoms with Crippen molar-refractivity contribution in [2.24, 2.45) is 7.05 Å². The van der Waals surface area contributed by atoms with E-state index in [1.165, 1.54) is 0 Å². The van der Waals surface area contributed by atoms with E-state index in [9.17, 15) is 4.79 Å². The number of hydrogen-bond acceptors (Lipinski definition) is 5. The van der Waals surface area contributed by atoms with Gasteiger partial charge in [-0.25, -0.2) is 9.97 Å². The van der Waals surface area contributed by atoms with E-state index in [2.05, 4.69) is 26.9 Å². The van der Waals surface area contributed by atoms with Gasteiger partial charge < -0.3 is 9.80 Å². The van der Waals surface area contributed by atoms with Gasteiger partial charge in [0.2, 0.25) is 5.95 Å². The molecule has 126 valence electrons. The molecule has 0 radical (unpaired) electrons. The van der Waals surface area contributed by atoms with Crippen LogP contribution in [0.25, 0.3) is 0 Å². The lowest BCUT2D eigenvalue weighted by molar-refractivity contribution is 0.0785. The van der Waals surface area contributed by atoms with E-state index in [1.54, 1.807) is 0 Å². The summed E-state index contributed by atoms with van der Waals surface area (Å²) in [6.45, 7) is 5.11. The highest BCUT2D eigenvalue weighted by molar-refractivity contribution is 5.94. The number of hydrogen-bond donors (Lipinski definition) is 0. The SMILES string of the molecule is CCc1cnc(N2Cc3c(C(=O)N4CCCC4)nn(C)c3C2)nc1. The molecule has 0 aliphatic carbocycles. The summed E-state index contributed by atoms with van der Waals surface area (Å²) in [7, 11) is 1.91. The van der Waals surface area contributed by atoms with Crippen LogP contribution in [0.1, 0.15) is 47.1 Å². The van der Waals surface area contributed by atoms with Crippen LogP contribution in [-0.4, -0.2) is 43.6 Å². The molecule has 24 heavy (non-hydrogen) atoms. The quantitative estimate of drug-likeness (QED) is 0.856. The molecular formula is C17H22N6O. The first-order valence-electron chi connectivity index (χ1n) is 8.57. The highest BCUT2D eigenvalue weighted by Crippen LogP contribution is 2.29. The summed E-state index contributed by atoms with van der Waals surface area (Å²) >= 11 is 0. The number of carbonyl (C=O) groups excluding carboxylic acids is 1. The summed E-state index contributed by atoms with van der Waals surface area (Å²) in [5.41, 5.74) is 3.84. The topological polar surface area (TPSA) is 67.2 Å². The van der Waals surface area contributed by atoms with E-state index in [-0.39, 0.29) is 5.91 Å². The second kappa shape index (κ2) is 5.89. The zero-order chi connectivity index (χ0) is 16.7. The third kappa shape index (κ3) is 2.44. The summed E-state index contributed by atoms with van der Waals surface area (Å²) in [4.78, 5) is 25.7. The van der Waals surface area contributed by atoms with Crippen LogP contribution < -0.4 is 4.90 Å². The lowest BCUT2D eigenvalue weighted by Crippen LogP contribution is -2.29. The van der Waals surface area contributed by atoms with Crippen molar-refractivity contribution in [3.63, 3.8) is 0 Å². The van der Waals surface area contributed by atoms with Gasteiger partial charge in [0, 0.05) is 38.1 Å². The number of aromatic nitrogens is 4. The lowest BCUT2D eigenvalue weighted by Gasteiger charge is -2.17. The van der Waals surface area contributed by atoms with Gasteiger partial charge in [0.15, 0.2) is 5.69 Å². The molecule has 4 heterocycles. The molecule has 4 rings (SSSR count). The molecule has 0 saturated carbocycles. The first kappa shape index (κ1) is 15.1. The van der Waals surface area contributed by atoms with E-state index in [0.29, 0.717) is 24.7 Å². The number of amides is 1. The van der Waals surface area contributed by atoms with Crippen molar-refractivity contribution in [1.29, 1.82) is 0 Å². The van der Waals surface area contributed by atoms with Crippen molar-refractivity contribution < 1.29 is 4.79 Å². The van der Waals surface area contributed by atoms with E-state index in [0.717, 1.165) is 49.2 Å². The van der Waals surface area contributed by atoms with Crippen LogP contribution in [0.5, 0.6) is 0 Å². The Morgan fingerprint density at radius 3 is 2.54 bits per heavy atom. The number of anilines is 1. The first-order chi connectivity index (χ1) is 11.7. The number of nitrogens with zero attached hydrogens (tertiary/aromatic N) is 6. The van der Waals surface area contributed by atoms with Gasteiger partial charge in [-0.2, -0.15) is 5.10 Å². The minimum absolute atomic E-state index is 0.0634. The highest BCUT2D eigenvalue weighted by Gasteiger charge is 2.33. The number of carbonyl (C=O) groups is 1. The molecule has 1 amide bonds. The zero-order valence-corrected chi connectivity index (χ0v) is 14.2. The monoisotopic (exact) mass is 326 g/mol. The van der Waals surface area contributed by atoms with Gasteiger partial charge in [0.1, 0.15) is 0 Å². The van der Waals surface area contributed by atoms with Crippen LogP contribution >= 0.6 is 0 Å². The molecule has 0 atom stereocenters. The molecule has 1 fully saturated rings. The molecular weight excluding hydrogens is 304 g/mol. The number of fused-ring (bicyclic) bond motifs is 1. The van der Waals surface area contributed by atoms with Gasteiger partial charge in [-0.1, -0.05) is 6.92 Å². The second-order valence-corrected chi connectivity index (χ2v) is 6.50. The fourth-order valence-corrected chi connectivity index (χ4v) is 3.47. The normalized spacial score (nSPS) is 16.8. The van der Waals surface area contributed by atoms with Crippen LogP contribution in [0, 0.1) is 0 Å². The maximum atomic E-state index is 12.7. The van der Waals surface area contributed by atoms with Gasteiger partial charge in [-0.3, -0.25) is 9.48 Å². The summed E-state index contributed by atoms with van der Waals surface area (Å²) in [6, 6.07) is 0. The Labute approximate surface area is 141 Å². The predicted molar refractivity (Wildman–Crippen MR) is 89.6 cm³/mol. The van der Waals surface area contributed by atoms with E-state index < -0.39 is 0 Å². The molecule has 7 nitrogen and oxygen atoms in total. The van der Waals surface area contributed by atoms with Gasteiger partial charge in [0.05, 0.1) is 18.8 Å². The molecule has 0 unspecified atom stereocenters. The fourth-order valence-electron chi connectivity index (χ4n) is 3.47. The van der Waals surface area contributed by atoms with Crippen molar-refractivity contribution >= 4 is 11.9 Å². The molecule has 0 bridgehead atoms. The summed E-state index contributed by atoms with van der Waals surface area (Å²) in [5.74, 6) is 0.774. The molecule has 0 spiro atoms. The number of likely N-dealkylation sites (tertiary alicyclic amines) is 1. The Hall–Kier alpha value is -2.44. The lowest BCUT2D eigenvalue weighted by atomic mass is 10.2. The standard InChI is InChI=1S/C17H22N6O/c1-3-12-8-18-17(19-9-12)23-10-13-14(11-23)21(2)20-15(13)16(24)22-6-4-5-7-22/h8-9H,3-7,10-11H2,1-2H3. The Morgan fingerprint density at radius 1 is 1.17 bits per heavy atom. The number of rotatable bonds is 3. The third-order valence-corrected chi connectivity index (χ3v) is 4.94. The average Bonchev–Trinajstić information content (AvgIpc) is 3.33. The predicted octanol–water partition coefficient (Wildman–Crippen LogP) is 1.53. The van der Waals surface area contributed by atoms with Crippen molar-refractivity contribution in [3.8, 4) is 0 Å². The first-order valence-corrected chi connectivity index (χ1v) is 8.57. The molecule has 0 N–H and O–H groups in total. The van der Waals surface area contributed by atoms with Crippen molar-refractivity contribution in [2.45, 2.75) is 39.3 Å². The minimum atomic E-state index is 0.0634. The average molecular weight is 326 g/mol. The van der Waals surface area contributed by atoms with Crippen LogP contribution in [0.15, 0.2) is 12.4 Å². The Balaban J connectivity index is 1.59. The molecule has 7 heteroatoms. The number of aryl methyl sites for hydroxylation is 2. The summed E-state index contributed by atoms with van der Waals surface area (Å²) < 4.78 is 1.83. The Morgan fingerprint density at radius 2 is 1.88 bits per heavy atom. The zero-order valence-electron chi connectivity index (χ0n) is 14.2. The molecule has 2 aromatic rings. The smallest absolute Gasteiger partial charge is 0.274 e. The Bertz CT molecular complexity index is 760. The fraction of sp³-hybridized carbons (Fsp3) is 0.529. The van der Waals surface area contributed by atoms with E-state index in [1.807, 2.05) is 29.0 Å². The largest absolute Gasteiger partial charge is 0.337 e. The van der Waals surface area contributed by atoms with Crippen LogP contribution in [0.4, 0.5) is 5.95 Å². The minimum Gasteiger partial charge on any atom is -0.337 e. The van der Waals surface area contributed by atoms with Crippen molar-refractivity contribution in [1.82, 2.24) is 24.6 Å². The van der Waals surface area contributed by atoms with Gasteiger partial charge in [0.25, 0.3) is 5.91 Å². The molecule has 2 aromatic heterocycles. The summed E-state index contributed by atoms with van der Waals surface area (Å²) in [5, 5.41) is 4.49. The summed E-state index contributed by atoms with van der Waals surface area (Å²) in [6.07, 6.45) is 6.85. The van der Waals surface area contributed by atoms with E-state index >= 15 is 0 Å². The van der Waals surface area contributed by atoms with Crippen molar-refractivity contribution in [2.75, 3.05) is 18.0 Å². The second-order valence-electron chi connectivity index (χ2n) is 6.50. The Kier molecular flexibility index (Phi) is 3.70. The van der Waals surface area contributed by atoms with E-state index in [4.69, 9.17) is 0 Å². The van der Waals surface area contributed by atoms with Crippen LogP contribution in [-0.2, 0) is 26.6 Å². The molecule has 2 aliphatic rings. The third-order valence-electron chi connectivity index (χ3n) is 4.94. The van der Waals surface area contributed by atoms with Gasteiger partial charge >= 0.3 is 0 Å². The molecule has 1 saturated heterocycles. The maximum Gasteiger partial charge on any atom is 0.274 e. The van der Waals surface area contributed by atoms with Gasteiger partial charge in [-0.05, 0) is 24.8 Å². The van der Waals surface area contributed by atoms with Crippen LogP contribution in [0.2, 0.25) is 0 Å². The molecule has 0 aromatic carbocycles. The molecule has 2 aliphatic heterocycles. The van der Waals surface area contributed by atoms with Crippen molar-refractivity contribution in [3.05, 3.63) is 34.9 Å². The van der Waals surface area contributed by atoms with Crippen LogP contribution in [0.3, 0.4) is 0 Å². The maximum absolute atomic E-state index is 12.7. The van der Waals surface area contributed by atoms with Gasteiger partial charge in [-0.15, -0.1) is 0 Å². The highest BCUT2D eigenvalue weighted by atomic mass is 16.2.